The number of halogens is 3. The molecule has 0 saturated heterocycles. The van der Waals surface area contributed by atoms with E-state index in [2.05, 4.69) is 0 Å². The summed E-state index contributed by atoms with van der Waals surface area (Å²) in [5, 5.41) is 0. The lowest BCUT2D eigenvalue weighted by Gasteiger charge is -2.25. The van der Waals surface area contributed by atoms with Crippen molar-refractivity contribution in [3.63, 3.8) is 0 Å². The molecule has 5 nitrogen and oxygen atoms in total. The maximum absolute atomic E-state index is 13.0. The van der Waals surface area contributed by atoms with Crippen molar-refractivity contribution in [1.29, 1.82) is 0 Å². The molecule has 0 aliphatic carbocycles. The molecule has 1 amide bonds. The lowest BCUT2D eigenvalue weighted by Crippen LogP contribution is -2.28. The quantitative estimate of drug-likeness (QED) is 0.489. The van der Waals surface area contributed by atoms with Gasteiger partial charge in [-0.3, -0.25) is 9.59 Å². The Morgan fingerprint density at radius 3 is 2.19 bits per heavy atom. The van der Waals surface area contributed by atoms with Crippen LogP contribution < -0.4 is 4.74 Å². The number of esters is 1. The molecule has 0 unspecified atom stereocenters. The van der Waals surface area contributed by atoms with Crippen LogP contribution in [-0.2, 0) is 33.5 Å². The van der Waals surface area contributed by atoms with E-state index in [1.54, 1.807) is 17.9 Å². The molecule has 0 bridgehead atoms. The summed E-state index contributed by atoms with van der Waals surface area (Å²) in [4.78, 5) is 25.6. The molecule has 0 aliphatic rings. The number of carbonyl (C=O) groups excluding carboxylic acids is 2. The van der Waals surface area contributed by atoms with E-state index in [0.717, 1.165) is 23.3 Å². The molecule has 2 aromatic rings. The molecule has 2 aromatic carbocycles. The third-order valence-corrected chi connectivity index (χ3v) is 5.17. The van der Waals surface area contributed by atoms with Gasteiger partial charge in [-0.05, 0) is 55.2 Å². The van der Waals surface area contributed by atoms with Crippen LogP contribution in [0.2, 0.25) is 0 Å². The first-order chi connectivity index (χ1) is 15.1. The average molecular weight is 451 g/mol. The SMILES string of the molecule is CCOC(=O)CCc1ccc(OC)c(-c2ccc(C(F)(F)F)cc2)c1CN(CC)C(C)=O. The van der Waals surface area contributed by atoms with Gasteiger partial charge in [0.2, 0.25) is 5.91 Å². The Kier molecular flexibility index (Phi) is 8.69. The number of hydrogen-bond acceptors (Lipinski definition) is 4. The van der Waals surface area contributed by atoms with Gasteiger partial charge in [0.05, 0.1) is 19.3 Å². The first kappa shape index (κ1) is 25.2. The Hall–Kier alpha value is -3.03. The smallest absolute Gasteiger partial charge is 0.416 e. The van der Waals surface area contributed by atoms with E-state index < -0.39 is 11.7 Å². The van der Waals surface area contributed by atoms with E-state index >= 15 is 0 Å². The third kappa shape index (κ3) is 6.24. The fourth-order valence-corrected chi connectivity index (χ4v) is 3.50. The number of amides is 1. The summed E-state index contributed by atoms with van der Waals surface area (Å²) in [6, 6.07) is 8.36. The highest BCUT2D eigenvalue weighted by molar-refractivity contribution is 5.78. The maximum Gasteiger partial charge on any atom is 0.416 e. The highest BCUT2D eigenvalue weighted by atomic mass is 19.4. The molecule has 0 spiro atoms. The number of ether oxygens (including phenoxy) is 2. The number of methoxy groups -OCH3 is 1. The van der Waals surface area contributed by atoms with Crippen molar-refractivity contribution in [3.05, 3.63) is 53.1 Å². The van der Waals surface area contributed by atoms with Crippen LogP contribution in [0.25, 0.3) is 11.1 Å². The van der Waals surface area contributed by atoms with Crippen molar-refractivity contribution in [2.75, 3.05) is 20.3 Å². The Bertz CT molecular complexity index is 939. The van der Waals surface area contributed by atoms with Gasteiger partial charge in [0, 0.05) is 32.0 Å². The van der Waals surface area contributed by atoms with Crippen LogP contribution in [0.5, 0.6) is 5.75 Å². The predicted octanol–water partition coefficient (Wildman–Crippen LogP) is 5.25. The average Bonchev–Trinajstić information content (AvgIpc) is 2.75. The van der Waals surface area contributed by atoms with Crippen molar-refractivity contribution in [1.82, 2.24) is 4.90 Å². The van der Waals surface area contributed by atoms with Gasteiger partial charge in [0.25, 0.3) is 0 Å². The molecule has 0 N–H and O–H groups in total. The Labute approximate surface area is 186 Å². The van der Waals surface area contributed by atoms with Crippen LogP contribution in [0, 0.1) is 0 Å². The molecular formula is C24H28F3NO4. The van der Waals surface area contributed by atoms with Gasteiger partial charge in [0.1, 0.15) is 5.75 Å². The number of alkyl halides is 3. The number of hydrogen-bond donors (Lipinski definition) is 0. The Morgan fingerprint density at radius 1 is 1.03 bits per heavy atom. The molecule has 0 atom stereocenters. The van der Waals surface area contributed by atoms with Crippen LogP contribution in [0.4, 0.5) is 13.2 Å². The maximum atomic E-state index is 13.0. The zero-order chi connectivity index (χ0) is 23.9. The predicted molar refractivity (Wildman–Crippen MR) is 115 cm³/mol. The zero-order valence-corrected chi connectivity index (χ0v) is 18.7. The second-order valence-electron chi connectivity index (χ2n) is 7.19. The Balaban J connectivity index is 2.61. The molecule has 0 aliphatic heterocycles. The van der Waals surface area contributed by atoms with Gasteiger partial charge in [-0.15, -0.1) is 0 Å². The largest absolute Gasteiger partial charge is 0.496 e. The fraction of sp³-hybridized carbons (Fsp3) is 0.417. The minimum absolute atomic E-state index is 0.134. The first-order valence-corrected chi connectivity index (χ1v) is 10.4. The summed E-state index contributed by atoms with van der Waals surface area (Å²) in [7, 11) is 1.48. The van der Waals surface area contributed by atoms with Gasteiger partial charge < -0.3 is 14.4 Å². The van der Waals surface area contributed by atoms with Crippen molar-refractivity contribution in [2.45, 2.75) is 46.3 Å². The second-order valence-corrected chi connectivity index (χ2v) is 7.19. The lowest BCUT2D eigenvalue weighted by atomic mass is 9.91. The van der Waals surface area contributed by atoms with Gasteiger partial charge in [-0.2, -0.15) is 13.2 Å². The van der Waals surface area contributed by atoms with Gasteiger partial charge >= 0.3 is 12.1 Å². The van der Waals surface area contributed by atoms with Crippen molar-refractivity contribution >= 4 is 11.9 Å². The van der Waals surface area contributed by atoms with E-state index in [9.17, 15) is 22.8 Å². The van der Waals surface area contributed by atoms with Gasteiger partial charge in [0.15, 0.2) is 0 Å². The van der Waals surface area contributed by atoms with Gasteiger partial charge in [-0.1, -0.05) is 18.2 Å². The molecule has 0 heterocycles. The molecular weight excluding hydrogens is 423 g/mol. The van der Waals surface area contributed by atoms with E-state index in [-0.39, 0.29) is 31.4 Å². The van der Waals surface area contributed by atoms with Crippen LogP contribution in [-0.4, -0.2) is 37.0 Å². The lowest BCUT2D eigenvalue weighted by molar-refractivity contribution is -0.143. The van der Waals surface area contributed by atoms with Crippen molar-refractivity contribution in [3.8, 4) is 16.9 Å². The van der Waals surface area contributed by atoms with Crippen molar-refractivity contribution in [2.24, 2.45) is 0 Å². The van der Waals surface area contributed by atoms with E-state index in [4.69, 9.17) is 9.47 Å². The number of carbonyl (C=O) groups is 2. The van der Waals surface area contributed by atoms with Crippen LogP contribution in [0.15, 0.2) is 36.4 Å². The number of benzene rings is 2. The first-order valence-electron chi connectivity index (χ1n) is 10.4. The summed E-state index contributed by atoms with van der Waals surface area (Å²) < 4.78 is 49.7. The number of nitrogens with zero attached hydrogens (tertiary/aromatic N) is 1. The van der Waals surface area contributed by atoms with E-state index in [1.807, 2.05) is 13.0 Å². The summed E-state index contributed by atoms with van der Waals surface area (Å²) in [5.74, 6) is -0.00598. The molecule has 0 radical (unpaired) electrons. The molecule has 174 valence electrons. The summed E-state index contributed by atoms with van der Waals surface area (Å²) in [6.45, 7) is 6.00. The third-order valence-electron chi connectivity index (χ3n) is 5.17. The molecule has 0 fully saturated rings. The van der Waals surface area contributed by atoms with Crippen LogP contribution in [0.3, 0.4) is 0 Å². The minimum Gasteiger partial charge on any atom is -0.496 e. The monoisotopic (exact) mass is 451 g/mol. The topological polar surface area (TPSA) is 55.8 Å². The molecule has 8 heteroatoms. The van der Waals surface area contributed by atoms with E-state index in [0.29, 0.717) is 29.8 Å². The summed E-state index contributed by atoms with van der Waals surface area (Å²) in [5.41, 5.74) is 1.91. The Morgan fingerprint density at radius 2 is 1.69 bits per heavy atom. The van der Waals surface area contributed by atoms with E-state index in [1.165, 1.54) is 26.2 Å². The van der Waals surface area contributed by atoms with Crippen molar-refractivity contribution < 1.29 is 32.2 Å². The number of rotatable bonds is 9. The minimum atomic E-state index is -4.44. The normalized spacial score (nSPS) is 11.2. The molecule has 2 rings (SSSR count). The van der Waals surface area contributed by atoms with Crippen LogP contribution in [0.1, 0.15) is 43.9 Å². The highest BCUT2D eigenvalue weighted by Gasteiger charge is 2.30. The molecule has 0 saturated carbocycles. The second kappa shape index (κ2) is 11.0. The molecule has 32 heavy (non-hydrogen) atoms. The summed E-state index contributed by atoms with van der Waals surface area (Å²) >= 11 is 0. The zero-order valence-electron chi connectivity index (χ0n) is 18.7. The fourth-order valence-electron chi connectivity index (χ4n) is 3.50. The van der Waals surface area contributed by atoms with Gasteiger partial charge in [-0.25, -0.2) is 0 Å². The number of aryl methyl sites for hydroxylation is 1. The standard InChI is InChI=1S/C24H28F3NO4/c1-5-28(16(3)29)15-20-17(10-14-22(30)32-6-2)9-13-21(31-4)23(20)18-7-11-19(12-8-18)24(25,26)27/h7-9,11-13H,5-6,10,14-15H2,1-4H3. The summed E-state index contributed by atoms with van der Waals surface area (Å²) in [6.07, 6.45) is -3.94. The van der Waals surface area contributed by atoms with Crippen LogP contribution >= 0.6 is 0 Å². The highest BCUT2D eigenvalue weighted by Crippen LogP contribution is 2.38. The molecule has 0 aromatic heterocycles.